The average molecular weight is 298 g/mol. The molecule has 21 heavy (non-hydrogen) atoms. The van der Waals surface area contributed by atoms with E-state index in [2.05, 4.69) is 0 Å². The summed E-state index contributed by atoms with van der Waals surface area (Å²) in [5, 5.41) is 0. The van der Waals surface area contributed by atoms with Crippen LogP contribution in [0.25, 0.3) is 0 Å². The summed E-state index contributed by atoms with van der Waals surface area (Å²) in [6, 6.07) is 0. The van der Waals surface area contributed by atoms with Crippen molar-refractivity contribution in [1.29, 1.82) is 0 Å². The number of hydrogen-bond acceptors (Lipinski definition) is 5. The molecule has 3 amide bonds. The van der Waals surface area contributed by atoms with Crippen molar-refractivity contribution in [3.8, 4) is 0 Å². The van der Waals surface area contributed by atoms with Gasteiger partial charge in [-0.3, -0.25) is 24.1 Å². The fourth-order valence-electron chi connectivity index (χ4n) is 2.16. The molecule has 0 unspecified atom stereocenters. The van der Waals surface area contributed by atoms with Crippen LogP contribution in [-0.2, 0) is 23.9 Å². The summed E-state index contributed by atoms with van der Waals surface area (Å²) in [7, 11) is 0. The third-order valence-corrected chi connectivity index (χ3v) is 3.18. The quantitative estimate of drug-likeness (QED) is 0.476. The minimum atomic E-state index is -0.451. The summed E-state index contributed by atoms with van der Waals surface area (Å²) < 4.78 is 4.83. The number of carbonyl (C=O) groups excluding carboxylic acids is 4. The molecule has 0 atom stereocenters. The first kappa shape index (κ1) is 17.1. The van der Waals surface area contributed by atoms with E-state index in [9.17, 15) is 19.2 Å². The van der Waals surface area contributed by atoms with E-state index in [4.69, 9.17) is 4.74 Å². The van der Waals surface area contributed by atoms with Crippen molar-refractivity contribution in [2.24, 2.45) is 0 Å². The molecule has 0 bridgehead atoms. The predicted octanol–water partition coefficient (Wildman–Crippen LogP) is 0.327. The summed E-state index contributed by atoms with van der Waals surface area (Å²) >= 11 is 0. The van der Waals surface area contributed by atoms with Gasteiger partial charge in [0.1, 0.15) is 6.54 Å². The van der Waals surface area contributed by atoms with Gasteiger partial charge in [0.05, 0.1) is 6.61 Å². The predicted molar refractivity (Wildman–Crippen MR) is 74.1 cm³/mol. The molecular formula is C14H22N2O5. The van der Waals surface area contributed by atoms with Crippen molar-refractivity contribution in [3.05, 3.63) is 0 Å². The monoisotopic (exact) mass is 298 g/mol. The summed E-state index contributed by atoms with van der Waals surface area (Å²) in [5.41, 5.74) is 0. The van der Waals surface area contributed by atoms with Gasteiger partial charge >= 0.3 is 5.97 Å². The topological polar surface area (TPSA) is 84.0 Å². The van der Waals surface area contributed by atoms with Crippen LogP contribution in [0.5, 0.6) is 0 Å². The zero-order chi connectivity index (χ0) is 15.8. The third-order valence-electron chi connectivity index (χ3n) is 3.18. The normalized spacial score (nSPS) is 14.5. The van der Waals surface area contributed by atoms with E-state index in [1.807, 2.05) is 6.92 Å². The largest absolute Gasteiger partial charge is 0.465 e. The Morgan fingerprint density at radius 2 is 1.81 bits per heavy atom. The molecule has 1 rings (SSSR count). The Hall–Kier alpha value is -1.92. The molecule has 0 aromatic carbocycles. The fourth-order valence-corrected chi connectivity index (χ4v) is 2.16. The van der Waals surface area contributed by atoms with Crippen LogP contribution in [0.4, 0.5) is 0 Å². The van der Waals surface area contributed by atoms with Gasteiger partial charge in [-0.05, 0) is 13.3 Å². The second-order valence-electron chi connectivity index (χ2n) is 4.81. The first-order valence-electron chi connectivity index (χ1n) is 7.26. The van der Waals surface area contributed by atoms with E-state index in [1.165, 1.54) is 4.90 Å². The van der Waals surface area contributed by atoms with Crippen LogP contribution in [0.1, 0.15) is 39.5 Å². The van der Waals surface area contributed by atoms with Gasteiger partial charge in [0.25, 0.3) is 0 Å². The Kier molecular flexibility index (Phi) is 6.84. The van der Waals surface area contributed by atoms with Gasteiger partial charge in [-0.1, -0.05) is 6.92 Å². The Morgan fingerprint density at radius 1 is 1.19 bits per heavy atom. The maximum atomic E-state index is 12.1. The fraction of sp³-hybridized carbons (Fsp3) is 0.714. The van der Waals surface area contributed by atoms with Crippen molar-refractivity contribution in [3.63, 3.8) is 0 Å². The van der Waals surface area contributed by atoms with Gasteiger partial charge in [0, 0.05) is 32.4 Å². The molecule has 1 aliphatic rings. The Bertz CT molecular complexity index is 406. The Balaban J connectivity index is 2.50. The molecule has 0 saturated carbocycles. The van der Waals surface area contributed by atoms with E-state index < -0.39 is 5.97 Å². The first-order chi connectivity index (χ1) is 9.99. The van der Waals surface area contributed by atoms with Crippen molar-refractivity contribution in [2.45, 2.75) is 39.5 Å². The molecular weight excluding hydrogens is 276 g/mol. The van der Waals surface area contributed by atoms with Crippen molar-refractivity contribution < 1.29 is 23.9 Å². The van der Waals surface area contributed by atoms with Crippen LogP contribution in [0.3, 0.4) is 0 Å². The highest BCUT2D eigenvalue weighted by atomic mass is 16.5. The second-order valence-corrected chi connectivity index (χ2v) is 4.81. The number of amides is 3. The van der Waals surface area contributed by atoms with E-state index in [-0.39, 0.29) is 56.7 Å². The van der Waals surface area contributed by atoms with Gasteiger partial charge in [0.2, 0.25) is 17.7 Å². The summed E-state index contributed by atoms with van der Waals surface area (Å²) in [4.78, 5) is 49.0. The molecule has 0 aromatic rings. The average Bonchev–Trinajstić information content (AvgIpc) is 2.75. The highest BCUT2D eigenvalue weighted by Gasteiger charge is 2.29. The number of nitrogens with zero attached hydrogens (tertiary/aromatic N) is 2. The van der Waals surface area contributed by atoms with Crippen LogP contribution in [0.2, 0.25) is 0 Å². The van der Waals surface area contributed by atoms with Crippen LogP contribution in [-0.4, -0.2) is 59.7 Å². The zero-order valence-electron chi connectivity index (χ0n) is 12.6. The number of esters is 1. The molecule has 0 spiro atoms. The maximum Gasteiger partial charge on any atom is 0.325 e. The maximum absolute atomic E-state index is 12.1. The van der Waals surface area contributed by atoms with E-state index in [0.29, 0.717) is 13.0 Å². The molecule has 1 saturated heterocycles. The number of imide groups is 1. The molecule has 0 aliphatic carbocycles. The van der Waals surface area contributed by atoms with E-state index in [1.54, 1.807) is 6.92 Å². The number of carbonyl (C=O) groups is 4. The van der Waals surface area contributed by atoms with Gasteiger partial charge in [-0.2, -0.15) is 0 Å². The van der Waals surface area contributed by atoms with Gasteiger partial charge in [-0.15, -0.1) is 0 Å². The zero-order valence-corrected chi connectivity index (χ0v) is 12.6. The molecule has 0 aromatic heterocycles. The molecule has 7 nitrogen and oxygen atoms in total. The SMILES string of the molecule is CCCN(CC(=O)OCC)C(=O)CCN1C(=O)CCC1=O. The highest BCUT2D eigenvalue weighted by Crippen LogP contribution is 2.12. The van der Waals surface area contributed by atoms with Gasteiger partial charge in [-0.25, -0.2) is 0 Å². The Labute approximate surface area is 124 Å². The van der Waals surface area contributed by atoms with Crippen molar-refractivity contribution in [2.75, 3.05) is 26.2 Å². The van der Waals surface area contributed by atoms with Crippen molar-refractivity contribution >= 4 is 23.7 Å². The highest BCUT2D eigenvalue weighted by molar-refractivity contribution is 6.02. The van der Waals surface area contributed by atoms with Crippen LogP contribution < -0.4 is 0 Å². The minimum Gasteiger partial charge on any atom is -0.465 e. The second kappa shape index (κ2) is 8.39. The lowest BCUT2D eigenvalue weighted by molar-refractivity contribution is -0.149. The van der Waals surface area contributed by atoms with Crippen LogP contribution >= 0.6 is 0 Å². The smallest absolute Gasteiger partial charge is 0.325 e. The van der Waals surface area contributed by atoms with Crippen LogP contribution in [0, 0.1) is 0 Å². The Morgan fingerprint density at radius 3 is 2.33 bits per heavy atom. The number of rotatable bonds is 8. The molecule has 118 valence electrons. The summed E-state index contributed by atoms with van der Waals surface area (Å²) in [6.07, 6.45) is 1.19. The van der Waals surface area contributed by atoms with Crippen molar-refractivity contribution in [1.82, 2.24) is 9.80 Å². The van der Waals surface area contributed by atoms with Gasteiger partial charge in [0.15, 0.2) is 0 Å². The number of hydrogen-bond donors (Lipinski definition) is 0. The van der Waals surface area contributed by atoms with E-state index in [0.717, 1.165) is 4.90 Å². The lowest BCUT2D eigenvalue weighted by atomic mass is 10.3. The summed E-state index contributed by atoms with van der Waals surface area (Å²) in [6.45, 7) is 4.30. The molecule has 7 heteroatoms. The molecule has 1 heterocycles. The molecule has 1 aliphatic heterocycles. The lowest BCUT2D eigenvalue weighted by Gasteiger charge is -2.22. The third kappa shape index (κ3) is 5.17. The molecule has 0 N–H and O–H groups in total. The lowest BCUT2D eigenvalue weighted by Crippen LogP contribution is -2.39. The molecule has 1 fully saturated rings. The number of likely N-dealkylation sites (tertiary alicyclic amines) is 1. The standard InChI is InChI=1S/C14H22N2O5/c1-3-8-15(10-14(20)21-4-2)11(17)7-9-16-12(18)5-6-13(16)19/h3-10H2,1-2H3. The summed E-state index contributed by atoms with van der Waals surface area (Å²) in [5.74, 6) is -1.18. The number of ether oxygens (including phenoxy) is 1. The van der Waals surface area contributed by atoms with E-state index >= 15 is 0 Å². The molecule has 0 radical (unpaired) electrons. The minimum absolute atomic E-state index is 0.0386. The van der Waals surface area contributed by atoms with Gasteiger partial charge < -0.3 is 9.64 Å². The van der Waals surface area contributed by atoms with Crippen LogP contribution in [0.15, 0.2) is 0 Å². The first-order valence-corrected chi connectivity index (χ1v) is 7.26.